The molecule has 0 bridgehead atoms. The third-order valence-corrected chi connectivity index (χ3v) is 5.70. The maximum atomic E-state index is 12.5. The second-order valence-corrected chi connectivity index (χ2v) is 8.29. The average molecular weight is 420 g/mol. The molecular formula is C17H14BrN3O3S. The van der Waals surface area contributed by atoms with E-state index in [1.807, 2.05) is 36.4 Å². The summed E-state index contributed by atoms with van der Waals surface area (Å²) in [5, 5.41) is 4.41. The van der Waals surface area contributed by atoms with Crippen LogP contribution in [-0.4, -0.2) is 30.0 Å². The van der Waals surface area contributed by atoms with Gasteiger partial charge in [0.05, 0.1) is 10.2 Å². The van der Waals surface area contributed by atoms with Gasteiger partial charge in [0, 0.05) is 11.9 Å². The zero-order valence-corrected chi connectivity index (χ0v) is 15.6. The third kappa shape index (κ3) is 3.69. The van der Waals surface area contributed by atoms with Gasteiger partial charge in [-0.3, -0.25) is 4.79 Å². The normalized spacial score (nSPS) is 11.4. The Hall–Kier alpha value is -2.32. The Labute approximate surface area is 153 Å². The van der Waals surface area contributed by atoms with E-state index in [-0.39, 0.29) is 16.6 Å². The van der Waals surface area contributed by atoms with E-state index >= 15 is 0 Å². The molecule has 0 unspecified atom stereocenters. The van der Waals surface area contributed by atoms with Crippen LogP contribution >= 0.6 is 15.9 Å². The van der Waals surface area contributed by atoms with Gasteiger partial charge < -0.3 is 5.32 Å². The molecule has 0 aliphatic carbocycles. The number of rotatable bonds is 4. The molecule has 0 spiro atoms. The zero-order chi connectivity index (χ0) is 18.0. The smallest absolute Gasteiger partial charge is 0.275 e. The van der Waals surface area contributed by atoms with Crippen LogP contribution in [0.3, 0.4) is 0 Å². The van der Waals surface area contributed by atoms with Gasteiger partial charge in [-0.15, -0.1) is 0 Å². The summed E-state index contributed by atoms with van der Waals surface area (Å²) in [7, 11) is -3.60. The van der Waals surface area contributed by atoms with Crippen LogP contribution < -0.4 is 5.32 Å². The van der Waals surface area contributed by atoms with Crippen molar-refractivity contribution in [3.8, 4) is 0 Å². The number of sulfone groups is 1. The van der Waals surface area contributed by atoms with E-state index in [9.17, 15) is 13.2 Å². The lowest BCUT2D eigenvalue weighted by Gasteiger charge is -2.08. The second kappa shape index (κ2) is 6.89. The van der Waals surface area contributed by atoms with Crippen LogP contribution in [0.4, 0.5) is 5.69 Å². The number of hydrogen-bond acceptors (Lipinski definition) is 5. The molecule has 128 valence electrons. The molecule has 3 rings (SSSR count). The van der Waals surface area contributed by atoms with Crippen molar-refractivity contribution in [3.05, 3.63) is 58.8 Å². The minimum Gasteiger partial charge on any atom is -0.321 e. The van der Waals surface area contributed by atoms with Gasteiger partial charge >= 0.3 is 0 Å². The molecule has 1 heterocycles. The van der Waals surface area contributed by atoms with E-state index < -0.39 is 15.7 Å². The molecule has 3 aromatic rings. The lowest BCUT2D eigenvalue weighted by atomic mass is 10.1. The van der Waals surface area contributed by atoms with Crippen molar-refractivity contribution in [2.45, 2.75) is 12.1 Å². The number of anilines is 1. The molecule has 8 heteroatoms. The van der Waals surface area contributed by atoms with Crippen molar-refractivity contribution < 1.29 is 13.2 Å². The minimum atomic E-state index is -3.60. The summed E-state index contributed by atoms with van der Waals surface area (Å²) >= 11 is 3.19. The van der Waals surface area contributed by atoms with Gasteiger partial charge in [-0.1, -0.05) is 37.3 Å². The predicted molar refractivity (Wildman–Crippen MR) is 99.4 cm³/mol. The van der Waals surface area contributed by atoms with Crippen LogP contribution in [0.5, 0.6) is 0 Å². The number of benzene rings is 2. The van der Waals surface area contributed by atoms with E-state index in [0.29, 0.717) is 10.2 Å². The first-order valence-electron chi connectivity index (χ1n) is 7.46. The molecule has 6 nitrogen and oxygen atoms in total. The minimum absolute atomic E-state index is 0.0322. The largest absolute Gasteiger partial charge is 0.321 e. The van der Waals surface area contributed by atoms with Crippen molar-refractivity contribution >= 4 is 48.1 Å². The molecule has 1 aromatic heterocycles. The van der Waals surface area contributed by atoms with Crippen LogP contribution in [0.2, 0.25) is 0 Å². The molecule has 1 N–H and O–H groups in total. The van der Waals surface area contributed by atoms with E-state index in [1.54, 1.807) is 6.07 Å². The summed E-state index contributed by atoms with van der Waals surface area (Å²) < 4.78 is 24.2. The van der Waals surface area contributed by atoms with Gasteiger partial charge in [-0.2, -0.15) is 0 Å². The number of hydrogen-bond donors (Lipinski definition) is 1. The second-order valence-electron chi connectivity index (χ2n) is 5.27. The number of nitrogens with one attached hydrogen (secondary N) is 1. The molecule has 0 saturated heterocycles. The highest BCUT2D eigenvalue weighted by molar-refractivity contribution is 9.10. The van der Waals surface area contributed by atoms with Crippen molar-refractivity contribution in [2.75, 3.05) is 11.1 Å². The van der Waals surface area contributed by atoms with Gasteiger partial charge in [0.2, 0.25) is 15.0 Å². The number of halogens is 1. The van der Waals surface area contributed by atoms with Crippen LogP contribution in [0.25, 0.3) is 10.8 Å². The highest BCUT2D eigenvalue weighted by Gasteiger charge is 2.20. The molecule has 0 radical (unpaired) electrons. The topological polar surface area (TPSA) is 89.0 Å². The van der Waals surface area contributed by atoms with Crippen molar-refractivity contribution in [3.63, 3.8) is 0 Å². The number of aromatic nitrogens is 2. The van der Waals surface area contributed by atoms with Gasteiger partial charge in [0.25, 0.3) is 5.91 Å². The molecule has 2 aromatic carbocycles. The van der Waals surface area contributed by atoms with Crippen LogP contribution in [0.15, 0.2) is 58.3 Å². The van der Waals surface area contributed by atoms with Gasteiger partial charge in [0.15, 0.2) is 0 Å². The molecule has 0 aliphatic rings. The predicted octanol–water partition coefficient (Wildman–Crippen LogP) is 3.44. The van der Waals surface area contributed by atoms with Crippen molar-refractivity contribution in [1.29, 1.82) is 0 Å². The highest BCUT2D eigenvalue weighted by atomic mass is 79.9. The lowest BCUT2D eigenvalue weighted by molar-refractivity contribution is 0.102. The number of carbonyl (C=O) groups excluding carboxylic acids is 1. The quantitative estimate of drug-likeness (QED) is 0.654. The first-order chi connectivity index (χ1) is 11.9. The summed E-state index contributed by atoms with van der Waals surface area (Å²) in [4.78, 5) is 20.2. The van der Waals surface area contributed by atoms with Gasteiger partial charge in [-0.25, -0.2) is 18.4 Å². The fourth-order valence-corrected chi connectivity index (χ4v) is 3.32. The fourth-order valence-electron chi connectivity index (χ4n) is 2.25. The molecule has 1 amide bonds. The monoisotopic (exact) mass is 419 g/mol. The Bertz CT molecular complexity index is 1070. The van der Waals surface area contributed by atoms with Crippen LogP contribution in [0.1, 0.15) is 17.4 Å². The van der Waals surface area contributed by atoms with Gasteiger partial charge in [-0.05, 0) is 38.8 Å². The van der Waals surface area contributed by atoms with Crippen LogP contribution in [0, 0.1) is 0 Å². The summed E-state index contributed by atoms with van der Waals surface area (Å²) in [5.74, 6) is -0.655. The van der Waals surface area contributed by atoms with Crippen molar-refractivity contribution in [2.24, 2.45) is 0 Å². The number of amides is 1. The highest BCUT2D eigenvalue weighted by Crippen LogP contribution is 2.21. The zero-order valence-electron chi connectivity index (χ0n) is 13.2. The number of fused-ring (bicyclic) bond motifs is 1. The maximum Gasteiger partial charge on any atom is 0.275 e. The fraction of sp³-hybridized carbons (Fsp3) is 0.118. The van der Waals surface area contributed by atoms with E-state index in [4.69, 9.17) is 0 Å². The van der Waals surface area contributed by atoms with E-state index in [2.05, 4.69) is 31.2 Å². The standard InChI is InChI=1S/C17H14BrN3O3S/c1-2-25(23,24)17-19-10-14(18)15(21-17)16(22)20-13-8-7-11-5-3-4-6-12(11)9-13/h3-10H,2H2,1H3,(H,20,22). The summed E-state index contributed by atoms with van der Waals surface area (Å²) in [6, 6.07) is 13.3. The lowest BCUT2D eigenvalue weighted by Crippen LogP contribution is -2.18. The van der Waals surface area contributed by atoms with Gasteiger partial charge in [0.1, 0.15) is 5.69 Å². The number of carbonyl (C=O) groups is 1. The Balaban J connectivity index is 1.93. The Morgan fingerprint density at radius 3 is 2.60 bits per heavy atom. The number of nitrogens with zero attached hydrogens (tertiary/aromatic N) is 2. The molecule has 0 atom stereocenters. The van der Waals surface area contributed by atoms with E-state index in [0.717, 1.165) is 10.8 Å². The summed E-state index contributed by atoms with van der Waals surface area (Å²) in [6.07, 6.45) is 1.27. The summed E-state index contributed by atoms with van der Waals surface area (Å²) in [5.41, 5.74) is 0.560. The Kier molecular flexibility index (Phi) is 4.82. The van der Waals surface area contributed by atoms with E-state index in [1.165, 1.54) is 13.1 Å². The maximum absolute atomic E-state index is 12.5. The molecule has 0 fully saturated rings. The molecular weight excluding hydrogens is 406 g/mol. The molecule has 0 aliphatic heterocycles. The Morgan fingerprint density at radius 2 is 1.88 bits per heavy atom. The molecule has 0 saturated carbocycles. The molecule has 25 heavy (non-hydrogen) atoms. The third-order valence-electron chi connectivity index (χ3n) is 3.60. The van der Waals surface area contributed by atoms with Crippen molar-refractivity contribution in [1.82, 2.24) is 9.97 Å². The average Bonchev–Trinajstić information content (AvgIpc) is 2.61. The first-order valence-corrected chi connectivity index (χ1v) is 9.90. The summed E-state index contributed by atoms with van der Waals surface area (Å²) in [6.45, 7) is 1.50. The van der Waals surface area contributed by atoms with Crippen LogP contribution in [-0.2, 0) is 9.84 Å². The SMILES string of the molecule is CCS(=O)(=O)c1ncc(Br)c(C(=O)Nc2ccc3ccccc3c2)n1. The first kappa shape index (κ1) is 17.5. The Morgan fingerprint density at radius 1 is 1.16 bits per heavy atom.